The standard InChI is InChI=1S/C12H14N2O5/c13-8-3-1-7(2-4-8)11(17)19-12(18)9(14)5-6-10(15)16/h1-4,9H,5-6,13-14H2,(H,15,16). The second kappa shape index (κ2) is 6.50. The molecular formula is C12H14N2O5. The Morgan fingerprint density at radius 1 is 1.21 bits per heavy atom. The Kier molecular flexibility index (Phi) is 5.01. The number of aliphatic carboxylic acids is 1. The predicted octanol–water partition coefficient (Wildman–Crippen LogP) is 0.144. The number of ether oxygens (including phenoxy) is 1. The molecule has 0 bridgehead atoms. The molecule has 5 N–H and O–H groups in total. The second-order valence-electron chi connectivity index (χ2n) is 3.87. The van der Waals surface area contributed by atoms with Gasteiger partial charge >= 0.3 is 17.9 Å². The SMILES string of the molecule is Nc1ccc(C(=O)OC(=O)C(N)CCC(=O)O)cc1. The summed E-state index contributed by atoms with van der Waals surface area (Å²) < 4.78 is 4.53. The van der Waals surface area contributed by atoms with Crippen molar-refractivity contribution in [3.63, 3.8) is 0 Å². The van der Waals surface area contributed by atoms with Gasteiger partial charge in [-0.2, -0.15) is 0 Å². The van der Waals surface area contributed by atoms with Crippen molar-refractivity contribution >= 4 is 23.6 Å². The maximum absolute atomic E-state index is 11.6. The Morgan fingerprint density at radius 2 is 1.79 bits per heavy atom. The van der Waals surface area contributed by atoms with Crippen LogP contribution in [0.4, 0.5) is 5.69 Å². The van der Waals surface area contributed by atoms with Gasteiger partial charge in [0.2, 0.25) is 0 Å². The highest BCUT2D eigenvalue weighted by atomic mass is 16.6. The van der Waals surface area contributed by atoms with Gasteiger partial charge in [-0.25, -0.2) is 9.59 Å². The average molecular weight is 266 g/mol. The van der Waals surface area contributed by atoms with E-state index in [2.05, 4.69) is 4.74 Å². The minimum absolute atomic E-state index is 0.0941. The van der Waals surface area contributed by atoms with Crippen LogP contribution in [0.2, 0.25) is 0 Å². The molecule has 0 aliphatic heterocycles. The van der Waals surface area contributed by atoms with Gasteiger partial charge in [0.1, 0.15) is 6.04 Å². The number of carbonyl (C=O) groups excluding carboxylic acids is 2. The van der Waals surface area contributed by atoms with Gasteiger partial charge in [-0.3, -0.25) is 4.79 Å². The minimum Gasteiger partial charge on any atom is -0.481 e. The van der Waals surface area contributed by atoms with Crippen LogP contribution < -0.4 is 11.5 Å². The lowest BCUT2D eigenvalue weighted by molar-refractivity contribution is -0.140. The van der Waals surface area contributed by atoms with Crippen LogP contribution in [0, 0.1) is 0 Å². The van der Waals surface area contributed by atoms with Crippen LogP contribution in [0.3, 0.4) is 0 Å². The summed E-state index contributed by atoms with van der Waals surface area (Å²) in [7, 11) is 0. The van der Waals surface area contributed by atoms with Gasteiger partial charge in [0.25, 0.3) is 0 Å². The normalized spacial score (nSPS) is 11.6. The molecule has 0 aliphatic rings. The molecule has 102 valence electrons. The van der Waals surface area contributed by atoms with E-state index in [0.717, 1.165) is 0 Å². The van der Waals surface area contributed by atoms with E-state index >= 15 is 0 Å². The van der Waals surface area contributed by atoms with Crippen molar-refractivity contribution in [1.82, 2.24) is 0 Å². The number of rotatable bonds is 5. The number of hydrogen-bond acceptors (Lipinski definition) is 6. The Balaban J connectivity index is 2.54. The molecule has 1 aromatic carbocycles. The van der Waals surface area contributed by atoms with E-state index in [-0.39, 0.29) is 18.4 Å². The third-order valence-corrected chi connectivity index (χ3v) is 2.31. The molecular weight excluding hydrogens is 252 g/mol. The average Bonchev–Trinajstić information content (AvgIpc) is 2.36. The van der Waals surface area contributed by atoms with Gasteiger partial charge in [0.05, 0.1) is 5.56 Å². The summed E-state index contributed by atoms with van der Waals surface area (Å²) >= 11 is 0. The zero-order valence-corrected chi connectivity index (χ0v) is 10.0. The number of nitrogen functional groups attached to an aromatic ring is 1. The van der Waals surface area contributed by atoms with E-state index in [1.165, 1.54) is 24.3 Å². The number of nitrogens with two attached hydrogens (primary N) is 2. The molecule has 0 amide bonds. The maximum atomic E-state index is 11.6. The summed E-state index contributed by atoms with van der Waals surface area (Å²) in [5.41, 5.74) is 11.5. The molecule has 0 saturated heterocycles. The molecule has 0 saturated carbocycles. The highest BCUT2D eigenvalue weighted by Gasteiger charge is 2.20. The lowest BCUT2D eigenvalue weighted by Crippen LogP contribution is -2.34. The third kappa shape index (κ3) is 4.76. The van der Waals surface area contributed by atoms with Gasteiger partial charge in [-0.05, 0) is 30.7 Å². The van der Waals surface area contributed by atoms with Crippen molar-refractivity contribution in [2.75, 3.05) is 5.73 Å². The first-order valence-corrected chi connectivity index (χ1v) is 5.49. The molecule has 7 nitrogen and oxygen atoms in total. The van der Waals surface area contributed by atoms with E-state index < -0.39 is 23.9 Å². The fraction of sp³-hybridized carbons (Fsp3) is 0.250. The highest BCUT2D eigenvalue weighted by Crippen LogP contribution is 2.08. The smallest absolute Gasteiger partial charge is 0.345 e. The van der Waals surface area contributed by atoms with Crippen molar-refractivity contribution in [2.45, 2.75) is 18.9 Å². The van der Waals surface area contributed by atoms with Crippen molar-refractivity contribution in [1.29, 1.82) is 0 Å². The Morgan fingerprint density at radius 3 is 2.32 bits per heavy atom. The molecule has 0 aromatic heterocycles. The van der Waals surface area contributed by atoms with E-state index in [4.69, 9.17) is 16.6 Å². The summed E-state index contributed by atoms with van der Waals surface area (Å²) in [6.07, 6.45) is -0.366. The van der Waals surface area contributed by atoms with Gasteiger partial charge in [-0.1, -0.05) is 0 Å². The molecule has 1 atom stereocenters. The van der Waals surface area contributed by atoms with Crippen LogP contribution in [-0.4, -0.2) is 29.1 Å². The molecule has 7 heteroatoms. The fourth-order valence-corrected chi connectivity index (χ4v) is 1.24. The van der Waals surface area contributed by atoms with E-state index in [9.17, 15) is 14.4 Å². The van der Waals surface area contributed by atoms with Crippen LogP contribution in [0.1, 0.15) is 23.2 Å². The summed E-state index contributed by atoms with van der Waals surface area (Å²) in [5.74, 6) is -2.88. The Bertz CT molecular complexity index is 483. The van der Waals surface area contributed by atoms with Gasteiger partial charge < -0.3 is 21.3 Å². The number of anilines is 1. The van der Waals surface area contributed by atoms with Crippen LogP contribution >= 0.6 is 0 Å². The van der Waals surface area contributed by atoms with Gasteiger partial charge in [-0.15, -0.1) is 0 Å². The fourth-order valence-electron chi connectivity index (χ4n) is 1.24. The van der Waals surface area contributed by atoms with E-state index in [1.54, 1.807) is 0 Å². The van der Waals surface area contributed by atoms with Crippen LogP contribution in [0.5, 0.6) is 0 Å². The predicted molar refractivity (Wildman–Crippen MR) is 66.1 cm³/mol. The second-order valence-corrected chi connectivity index (χ2v) is 3.87. The topological polar surface area (TPSA) is 133 Å². The number of esters is 2. The molecule has 0 spiro atoms. The minimum atomic E-state index is -1.14. The molecule has 1 rings (SSSR count). The molecule has 0 radical (unpaired) electrons. The lowest BCUT2D eigenvalue weighted by atomic mass is 10.1. The molecule has 0 aliphatic carbocycles. The number of carboxylic acid groups (broad SMARTS) is 1. The van der Waals surface area contributed by atoms with Crippen molar-refractivity contribution in [2.24, 2.45) is 5.73 Å². The summed E-state index contributed by atoms with van der Waals surface area (Å²) in [5, 5.41) is 8.44. The zero-order chi connectivity index (χ0) is 14.4. The van der Waals surface area contributed by atoms with Crippen LogP contribution in [0.25, 0.3) is 0 Å². The van der Waals surface area contributed by atoms with Crippen molar-refractivity contribution in [3.05, 3.63) is 29.8 Å². The van der Waals surface area contributed by atoms with Crippen LogP contribution in [-0.2, 0) is 14.3 Å². The monoisotopic (exact) mass is 266 g/mol. The summed E-state index contributed by atoms with van der Waals surface area (Å²) in [6.45, 7) is 0. The number of carbonyl (C=O) groups is 3. The van der Waals surface area contributed by atoms with E-state index in [0.29, 0.717) is 5.69 Å². The lowest BCUT2D eigenvalue weighted by Gasteiger charge is -2.09. The van der Waals surface area contributed by atoms with Crippen LogP contribution in [0.15, 0.2) is 24.3 Å². The molecule has 19 heavy (non-hydrogen) atoms. The first-order valence-electron chi connectivity index (χ1n) is 5.49. The number of benzene rings is 1. The third-order valence-electron chi connectivity index (χ3n) is 2.31. The molecule has 0 fully saturated rings. The highest BCUT2D eigenvalue weighted by molar-refractivity contribution is 5.98. The first kappa shape index (κ1) is 14.7. The quantitative estimate of drug-likeness (QED) is 0.392. The number of hydrogen-bond donors (Lipinski definition) is 3. The summed E-state index contributed by atoms with van der Waals surface area (Å²) in [6, 6.07) is 4.66. The maximum Gasteiger partial charge on any atom is 0.345 e. The molecule has 1 unspecified atom stereocenters. The molecule has 1 aromatic rings. The van der Waals surface area contributed by atoms with Crippen molar-refractivity contribution in [3.8, 4) is 0 Å². The molecule has 0 heterocycles. The largest absolute Gasteiger partial charge is 0.481 e. The Labute approximate surface area is 109 Å². The Hall–Kier alpha value is -2.41. The zero-order valence-electron chi connectivity index (χ0n) is 10.0. The van der Waals surface area contributed by atoms with Gasteiger partial charge in [0, 0.05) is 12.1 Å². The van der Waals surface area contributed by atoms with Crippen molar-refractivity contribution < 1.29 is 24.2 Å². The van der Waals surface area contributed by atoms with E-state index in [1.807, 2.05) is 0 Å². The van der Waals surface area contributed by atoms with Gasteiger partial charge in [0.15, 0.2) is 0 Å². The first-order chi connectivity index (χ1) is 8.90. The number of carboxylic acids is 1. The summed E-state index contributed by atoms with van der Waals surface area (Å²) in [4.78, 5) is 33.3.